The Morgan fingerprint density at radius 3 is 2.53 bits per heavy atom. The largest absolute Gasteiger partial charge is 0.481 e. The SMILES string of the molecule is CCCC1(C(=O)O)CCN(CC(=O)N(C)C(C)C)C1. The van der Waals surface area contributed by atoms with Gasteiger partial charge in [-0.3, -0.25) is 14.5 Å². The number of hydrogen-bond acceptors (Lipinski definition) is 3. The van der Waals surface area contributed by atoms with E-state index in [-0.39, 0.29) is 11.9 Å². The molecule has 1 atom stereocenters. The van der Waals surface area contributed by atoms with Gasteiger partial charge in [0, 0.05) is 19.6 Å². The van der Waals surface area contributed by atoms with Gasteiger partial charge in [-0.2, -0.15) is 0 Å². The first kappa shape index (κ1) is 16.0. The maximum Gasteiger partial charge on any atom is 0.310 e. The molecule has 1 unspecified atom stereocenters. The van der Waals surface area contributed by atoms with Gasteiger partial charge < -0.3 is 10.0 Å². The fourth-order valence-electron chi connectivity index (χ4n) is 2.65. The van der Waals surface area contributed by atoms with E-state index in [9.17, 15) is 14.7 Å². The Kier molecular flexibility index (Phi) is 5.35. The Balaban J connectivity index is 2.60. The molecular formula is C14H26N2O3. The predicted molar refractivity (Wildman–Crippen MR) is 73.9 cm³/mol. The molecule has 1 fully saturated rings. The molecule has 1 heterocycles. The number of carbonyl (C=O) groups excluding carboxylic acids is 1. The maximum absolute atomic E-state index is 12.0. The molecule has 5 heteroatoms. The van der Waals surface area contributed by atoms with Crippen LogP contribution in [0.25, 0.3) is 0 Å². The second-order valence-corrected chi connectivity index (χ2v) is 5.89. The fraction of sp³-hybridized carbons (Fsp3) is 0.857. The van der Waals surface area contributed by atoms with Gasteiger partial charge in [0.15, 0.2) is 0 Å². The summed E-state index contributed by atoms with van der Waals surface area (Å²) >= 11 is 0. The molecule has 0 saturated carbocycles. The molecule has 0 aliphatic carbocycles. The van der Waals surface area contributed by atoms with Crippen LogP contribution in [-0.2, 0) is 9.59 Å². The number of likely N-dealkylation sites (tertiary alicyclic amines) is 1. The van der Waals surface area contributed by atoms with Gasteiger partial charge in [-0.25, -0.2) is 0 Å². The summed E-state index contributed by atoms with van der Waals surface area (Å²) in [6, 6.07) is 0.176. The van der Waals surface area contributed by atoms with Crippen LogP contribution in [0.1, 0.15) is 40.0 Å². The van der Waals surface area contributed by atoms with Crippen molar-refractivity contribution in [1.29, 1.82) is 0 Å². The van der Waals surface area contributed by atoms with Gasteiger partial charge in [-0.05, 0) is 33.2 Å². The topological polar surface area (TPSA) is 60.9 Å². The molecule has 1 saturated heterocycles. The molecule has 0 aromatic carbocycles. The highest BCUT2D eigenvalue weighted by Gasteiger charge is 2.44. The molecule has 1 rings (SSSR count). The second kappa shape index (κ2) is 6.37. The van der Waals surface area contributed by atoms with Gasteiger partial charge in [0.25, 0.3) is 0 Å². The van der Waals surface area contributed by atoms with Crippen molar-refractivity contribution in [3.8, 4) is 0 Å². The van der Waals surface area contributed by atoms with E-state index in [1.54, 1.807) is 11.9 Å². The summed E-state index contributed by atoms with van der Waals surface area (Å²) < 4.78 is 0. The summed E-state index contributed by atoms with van der Waals surface area (Å²) in [6.45, 7) is 7.47. The van der Waals surface area contributed by atoms with E-state index in [0.29, 0.717) is 32.5 Å². The zero-order valence-electron chi connectivity index (χ0n) is 12.5. The molecule has 5 nitrogen and oxygen atoms in total. The summed E-state index contributed by atoms with van der Waals surface area (Å²) in [7, 11) is 1.79. The lowest BCUT2D eigenvalue weighted by molar-refractivity contribution is -0.149. The third-order valence-corrected chi connectivity index (χ3v) is 4.14. The number of nitrogens with zero attached hydrogens (tertiary/aromatic N) is 2. The highest BCUT2D eigenvalue weighted by molar-refractivity contribution is 5.79. The number of rotatable bonds is 6. The van der Waals surface area contributed by atoms with Crippen LogP contribution in [0.2, 0.25) is 0 Å². The highest BCUT2D eigenvalue weighted by atomic mass is 16.4. The zero-order chi connectivity index (χ0) is 14.6. The molecule has 1 aliphatic rings. The van der Waals surface area contributed by atoms with Crippen molar-refractivity contribution < 1.29 is 14.7 Å². The Morgan fingerprint density at radius 1 is 1.42 bits per heavy atom. The summed E-state index contributed by atoms with van der Waals surface area (Å²) in [6.07, 6.45) is 2.20. The van der Waals surface area contributed by atoms with Gasteiger partial charge in [0.1, 0.15) is 0 Å². The minimum atomic E-state index is -0.721. The van der Waals surface area contributed by atoms with Crippen molar-refractivity contribution in [1.82, 2.24) is 9.80 Å². The van der Waals surface area contributed by atoms with Crippen molar-refractivity contribution in [2.24, 2.45) is 5.41 Å². The van der Waals surface area contributed by atoms with Crippen LogP contribution >= 0.6 is 0 Å². The van der Waals surface area contributed by atoms with Crippen LogP contribution < -0.4 is 0 Å². The molecule has 0 bridgehead atoms. The Labute approximate surface area is 115 Å². The molecule has 19 heavy (non-hydrogen) atoms. The van der Waals surface area contributed by atoms with Crippen LogP contribution in [0.3, 0.4) is 0 Å². The van der Waals surface area contributed by atoms with E-state index in [0.717, 1.165) is 6.42 Å². The minimum Gasteiger partial charge on any atom is -0.481 e. The smallest absolute Gasteiger partial charge is 0.310 e. The third-order valence-electron chi connectivity index (χ3n) is 4.14. The molecule has 1 aliphatic heterocycles. The maximum atomic E-state index is 12.0. The van der Waals surface area contributed by atoms with Crippen LogP contribution in [0, 0.1) is 5.41 Å². The van der Waals surface area contributed by atoms with Crippen LogP contribution in [0.15, 0.2) is 0 Å². The first-order chi connectivity index (χ1) is 8.82. The molecule has 1 amide bonds. The van der Waals surface area contributed by atoms with Gasteiger partial charge >= 0.3 is 5.97 Å². The van der Waals surface area contributed by atoms with Crippen LogP contribution in [0.4, 0.5) is 0 Å². The van der Waals surface area contributed by atoms with Crippen LogP contribution in [0.5, 0.6) is 0 Å². The van der Waals surface area contributed by atoms with E-state index in [1.165, 1.54) is 0 Å². The third kappa shape index (κ3) is 3.69. The summed E-state index contributed by atoms with van der Waals surface area (Å²) in [5.41, 5.74) is -0.647. The van der Waals surface area contributed by atoms with Crippen molar-refractivity contribution in [2.45, 2.75) is 46.1 Å². The molecule has 0 spiro atoms. The van der Waals surface area contributed by atoms with Crippen molar-refractivity contribution in [3.63, 3.8) is 0 Å². The molecule has 1 N–H and O–H groups in total. The normalized spacial score (nSPS) is 23.8. The Hall–Kier alpha value is -1.10. The Morgan fingerprint density at radius 2 is 2.05 bits per heavy atom. The lowest BCUT2D eigenvalue weighted by Gasteiger charge is -2.26. The summed E-state index contributed by atoms with van der Waals surface area (Å²) in [4.78, 5) is 27.2. The van der Waals surface area contributed by atoms with Gasteiger partial charge in [-0.15, -0.1) is 0 Å². The van der Waals surface area contributed by atoms with E-state index < -0.39 is 11.4 Å². The highest BCUT2D eigenvalue weighted by Crippen LogP contribution is 2.35. The summed E-state index contributed by atoms with van der Waals surface area (Å²) in [5, 5.41) is 9.42. The number of aliphatic carboxylic acids is 1. The van der Waals surface area contributed by atoms with Gasteiger partial charge in [0.05, 0.1) is 12.0 Å². The minimum absolute atomic E-state index is 0.0627. The lowest BCUT2D eigenvalue weighted by atomic mass is 9.83. The number of likely N-dealkylation sites (N-methyl/N-ethyl adjacent to an activating group) is 1. The fourth-order valence-corrected chi connectivity index (χ4v) is 2.65. The second-order valence-electron chi connectivity index (χ2n) is 5.89. The predicted octanol–water partition coefficient (Wildman–Crippen LogP) is 1.43. The van der Waals surface area contributed by atoms with E-state index in [1.807, 2.05) is 25.7 Å². The summed E-state index contributed by atoms with van der Waals surface area (Å²) in [5.74, 6) is -0.658. The Bertz CT molecular complexity index is 344. The quantitative estimate of drug-likeness (QED) is 0.793. The van der Waals surface area contributed by atoms with Crippen molar-refractivity contribution in [3.05, 3.63) is 0 Å². The van der Waals surface area contributed by atoms with E-state index in [2.05, 4.69) is 0 Å². The number of amides is 1. The van der Waals surface area contributed by atoms with Gasteiger partial charge in [-0.1, -0.05) is 13.3 Å². The van der Waals surface area contributed by atoms with Crippen LogP contribution in [-0.4, -0.2) is 59.5 Å². The monoisotopic (exact) mass is 270 g/mol. The number of carbonyl (C=O) groups is 2. The first-order valence-corrected chi connectivity index (χ1v) is 7.04. The van der Waals surface area contributed by atoms with Crippen molar-refractivity contribution >= 4 is 11.9 Å². The van der Waals surface area contributed by atoms with E-state index in [4.69, 9.17) is 0 Å². The molecular weight excluding hydrogens is 244 g/mol. The standard InChI is InChI=1S/C14H26N2O3/c1-5-6-14(13(18)19)7-8-16(10-14)9-12(17)15(4)11(2)3/h11H,5-10H2,1-4H3,(H,18,19). The number of carboxylic acids is 1. The first-order valence-electron chi connectivity index (χ1n) is 7.04. The van der Waals surface area contributed by atoms with Gasteiger partial charge in [0.2, 0.25) is 5.91 Å². The molecule has 110 valence electrons. The van der Waals surface area contributed by atoms with Crippen molar-refractivity contribution in [2.75, 3.05) is 26.7 Å². The molecule has 0 aromatic rings. The van der Waals surface area contributed by atoms with E-state index >= 15 is 0 Å². The molecule has 0 aromatic heterocycles. The number of carboxylic acid groups (broad SMARTS) is 1. The molecule has 0 radical (unpaired) electrons. The number of hydrogen-bond donors (Lipinski definition) is 1. The zero-order valence-corrected chi connectivity index (χ0v) is 12.5. The average molecular weight is 270 g/mol. The lowest BCUT2D eigenvalue weighted by Crippen LogP contribution is -2.42. The average Bonchev–Trinajstić information content (AvgIpc) is 2.73.